The fraction of sp³-hybridized carbons (Fsp3) is 0.250. The Hall–Kier alpha value is -2.95. The lowest BCUT2D eigenvalue weighted by atomic mass is 9.94. The van der Waals surface area contributed by atoms with Gasteiger partial charge in [0.15, 0.2) is 0 Å². The Morgan fingerprint density at radius 1 is 1.12 bits per heavy atom. The van der Waals surface area contributed by atoms with Crippen LogP contribution in [0.3, 0.4) is 0 Å². The third kappa shape index (κ3) is 2.61. The van der Waals surface area contributed by atoms with Crippen LogP contribution in [-0.2, 0) is 4.79 Å². The number of aliphatic carboxylic acids is 1. The second-order valence-corrected chi connectivity index (χ2v) is 6.48. The van der Waals surface area contributed by atoms with Crippen molar-refractivity contribution in [2.45, 2.75) is 24.9 Å². The molecule has 1 fully saturated rings. The van der Waals surface area contributed by atoms with Crippen molar-refractivity contribution in [3.8, 4) is 0 Å². The molecule has 3 heterocycles. The Labute approximate surface area is 145 Å². The maximum Gasteiger partial charge on any atom is 0.308 e. The molecular formula is C20H18N2O3. The smallest absolute Gasteiger partial charge is 0.308 e. The average Bonchev–Trinajstić information content (AvgIpc) is 2.92. The highest BCUT2D eigenvalue weighted by atomic mass is 16.4. The molecule has 2 aliphatic rings. The number of hydrogen-bond acceptors (Lipinski definition) is 3. The van der Waals surface area contributed by atoms with Crippen LogP contribution in [0, 0.1) is 5.92 Å². The number of carboxylic acids is 1. The number of pyridine rings is 1. The lowest BCUT2D eigenvalue weighted by molar-refractivity contribution is -0.142. The van der Waals surface area contributed by atoms with Crippen molar-refractivity contribution >= 4 is 17.4 Å². The lowest BCUT2D eigenvalue weighted by Gasteiger charge is -2.35. The van der Waals surface area contributed by atoms with Crippen LogP contribution in [0.4, 0.5) is 0 Å². The van der Waals surface area contributed by atoms with Crippen LogP contribution in [0.5, 0.6) is 0 Å². The molecule has 0 unspecified atom stereocenters. The van der Waals surface area contributed by atoms with Gasteiger partial charge in [0.25, 0.3) is 5.91 Å². The normalized spacial score (nSPS) is 24.7. The molecule has 0 saturated carbocycles. The van der Waals surface area contributed by atoms with Crippen LogP contribution in [0.25, 0.3) is 5.57 Å². The molecule has 5 heteroatoms. The van der Waals surface area contributed by atoms with E-state index in [0.717, 1.165) is 11.1 Å². The fourth-order valence-electron chi connectivity index (χ4n) is 4.01. The third-order valence-electron chi connectivity index (χ3n) is 5.14. The van der Waals surface area contributed by atoms with E-state index in [1.807, 2.05) is 30.3 Å². The quantitative estimate of drug-likeness (QED) is 0.937. The van der Waals surface area contributed by atoms with Crippen molar-refractivity contribution < 1.29 is 14.7 Å². The molecule has 1 aromatic heterocycles. The molecule has 2 bridgehead atoms. The van der Waals surface area contributed by atoms with Gasteiger partial charge < -0.3 is 10.0 Å². The van der Waals surface area contributed by atoms with Gasteiger partial charge in [-0.2, -0.15) is 0 Å². The highest BCUT2D eigenvalue weighted by Crippen LogP contribution is 2.44. The fourth-order valence-corrected chi connectivity index (χ4v) is 4.01. The molecule has 2 aliphatic heterocycles. The second kappa shape index (κ2) is 6.16. The summed E-state index contributed by atoms with van der Waals surface area (Å²) < 4.78 is 0. The molecule has 1 amide bonds. The summed E-state index contributed by atoms with van der Waals surface area (Å²) in [6.07, 6.45) is 6.54. The Bertz CT molecular complexity index is 833. The van der Waals surface area contributed by atoms with E-state index in [2.05, 4.69) is 11.1 Å². The zero-order chi connectivity index (χ0) is 17.4. The summed E-state index contributed by atoms with van der Waals surface area (Å²) in [5, 5.41) is 9.61. The van der Waals surface area contributed by atoms with Crippen molar-refractivity contribution in [1.82, 2.24) is 9.88 Å². The van der Waals surface area contributed by atoms with Crippen LogP contribution in [0.1, 0.15) is 28.8 Å². The summed E-state index contributed by atoms with van der Waals surface area (Å²) in [6.45, 7) is 0. The first-order valence-electron chi connectivity index (χ1n) is 8.38. The number of carboxylic acid groups (broad SMARTS) is 1. The first-order chi connectivity index (χ1) is 12.2. The number of rotatable bonds is 3. The highest BCUT2D eigenvalue weighted by Gasteiger charge is 2.50. The molecular weight excluding hydrogens is 316 g/mol. The van der Waals surface area contributed by atoms with Gasteiger partial charge in [-0.15, -0.1) is 0 Å². The number of carbonyl (C=O) groups excluding carboxylic acids is 1. The molecule has 126 valence electrons. The van der Waals surface area contributed by atoms with Crippen molar-refractivity contribution in [1.29, 1.82) is 0 Å². The predicted octanol–water partition coefficient (Wildman–Crippen LogP) is 2.85. The molecule has 2 aromatic rings. The van der Waals surface area contributed by atoms with Crippen molar-refractivity contribution in [3.63, 3.8) is 0 Å². The van der Waals surface area contributed by atoms with Crippen LogP contribution < -0.4 is 0 Å². The topological polar surface area (TPSA) is 70.5 Å². The second-order valence-electron chi connectivity index (χ2n) is 6.48. The van der Waals surface area contributed by atoms with Crippen LogP contribution in [0.15, 0.2) is 60.9 Å². The van der Waals surface area contributed by atoms with E-state index in [9.17, 15) is 14.7 Å². The van der Waals surface area contributed by atoms with E-state index < -0.39 is 11.9 Å². The number of aromatic nitrogens is 1. The molecule has 0 radical (unpaired) electrons. The Morgan fingerprint density at radius 3 is 2.60 bits per heavy atom. The summed E-state index contributed by atoms with van der Waals surface area (Å²) in [6, 6.07) is 12.4. The molecule has 1 aromatic carbocycles. The van der Waals surface area contributed by atoms with Crippen molar-refractivity contribution in [2.75, 3.05) is 0 Å². The van der Waals surface area contributed by atoms with Gasteiger partial charge in [0.05, 0.1) is 12.0 Å². The zero-order valence-electron chi connectivity index (χ0n) is 13.6. The Kier molecular flexibility index (Phi) is 3.84. The number of nitrogens with zero attached hydrogens (tertiary/aromatic N) is 2. The zero-order valence-corrected chi connectivity index (χ0v) is 13.6. The van der Waals surface area contributed by atoms with Gasteiger partial charge in [-0.05, 0) is 42.2 Å². The number of amides is 1. The van der Waals surface area contributed by atoms with E-state index in [1.165, 1.54) is 0 Å². The van der Waals surface area contributed by atoms with Crippen LogP contribution in [-0.4, -0.2) is 39.0 Å². The number of hydrogen-bond donors (Lipinski definition) is 1. The molecule has 4 rings (SSSR count). The molecule has 1 N–H and O–H groups in total. The SMILES string of the molecule is O=C(O)[C@@H]1C[C@@H]2C(c3cccnc3)=CC[C@H]1N2C(=O)c1ccccc1. The van der Waals surface area contributed by atoms with E-state index in [0.29, 0.717) is 18.4 Å². The largest absolute Gasteiger partial charge is 0.481 e. The maximum atomic E-state index is 13.1. The summed E-state index contributed by atoms with van der Waals surface area (Å²) in [5.41, 5.74) is 2.54. The third-order valence-corrected chi connectivity index (χ3v) is 5.14. The first-order valence-corrected chi connectivity index (χ1v) is 8.38. The summed E-state index contributed by atoms with van der Waals surface area (Å²) in [7, 11) is 0. The summed E-state index contributed by atoms with van der Waals surface area (Å²) in [5.74, 6) is -1.48. The summed E-state index contributed by atoms with van der Waals surface area (Å²) in [4.78, 5) is 30.8. The Balaban J connectivity index is 1.74. The minimum atomic E-state index is -0.834. The van der Waals surface area contributed by atoms with Gasteiger partial charge in [0, 0.05) is 24.0 Å². The molecule has 1 saturated heterocycles. The minimum Gasteiger partial charge on any atom is -0.481 e. The predicted molar refractivity (Wildman–Crippen MR) is 92.8 cm³/mol. The minimum absolute atomic E-state index is 0.103. The van der Waals surface area contributed by atoms with Crippen molar-refractivity contribution in [2.24, 2.45) is 5.92 Å². The average molecular weight is 334 g/mol. The highest BCUT2D eigenvalue weighted by molar-refractivity contribution is 5.97. The van der Waals surface area contributed by atoms with Gasteiger partial charge in [-0.25, -0.2) is 0 Å². The van der Waals surface area contributed by atoms with Crippen LogP contribution in [0.2, 0.25) is 0 Å². The van der Waals surface area contributed by atoms with Gasteiger partial charge >= 0.3 is 5.97 Å². The molecule has 0 aliphatic carbocycles. The van der Waals surface area contributed by atoms with Gasteiger partial charge in [-0.3, -0.25) is 14.6 Å². The summed E-state index contributed by atoms with van der Waals surface area (Å²) >= 11 is 0. The maximum absolute atomic E-state index is 13.1. The van der Waals surface area contributed by atoms with E-state index >= 15 is 0 Å². The number of benzene rings is 1. The molecule has 0 spiro atoms. The Morgan fingerprint density at radius 2 is 1.92 bits per heavy atom. The standard InChI is InChI=1S/C20H18N2O3/c23-19(13-5-2-1-3-6-13)22-17-9-8-15(14-7-4-10-21-12-14)18(22)11-16(17)20(24)25/h1-8,10,12,16-18H,9,11H2,(H,24,25)/t16-,17-,18-/m1/s1. The first kappa shape index (κ1) is 15.6. The monoisotopic (exact) mass is 334 g/mol. The molecule has 3 atom stereocenters. The number of carbonyl (C=O) groups is 2. The molecule has 25 heavy (non-hydrogen) atoms. The van der Waals surface area contributed by atoms with E-state index in [1.54, 1.807) is 29.4 Å². The van der Waals surface area contributed by atoms with E-state index in [-0.39, 0.29) is 18.0 Å². The number of fused-ring (bicyclic) bond motifs is 2. The molecule has 5 nitrogen and oxygen atoms in total. The van der Waals surface area contributed by atoms with Crippen LogP contribution >= 0.6 is 0 Å². The van der Waals surface area contributed by atoms with Gasteiger partial charge in [0.2, 0.25) is 0 Å². The van der Waals surface area contributed by atoms with Gasteiger partial charge in [0.1, 0.15) is 0 Å². The van der Waals surface area contributed by atoms with E-state index in [4.69, 9.17) is 0 Å². The van der Waals surface area contributed by atoms with Crippen molar-refractivity contribution in [3.05, 3.63) is 72.1 Å². The lowest BCUT2D eigenvalue weighted by Crippen LogP contribution is -2.45. The van der Waals surface area contributed by atoms with Gasteiger partial charge in [-0.1, -0.05) is 30.3 Å².